The molecule has 2 aromatic rings. The molecule has 1 aliphatic carbocycles. The third kappa shape index (κ3) is 6.04. The minimum Gasteiger partial charge on any atom is -0.353 e. The van der Waals surface area contributed by atoms with Crippen molar-refractivity contribution < 1.29 is 4.79 Å². The first-order valence-corrected chi connectivity index (χ1v) is 12.5. The summed E-state index contributed by atoms with van der Waals surface area (Å²) < 4.78 is 0. The van der Waals surface area contributed by atoms with E-state index in [9.17, 15) is 10.1 Å². The maximum Gasteiger partial charge on any atom is 0.240 e. The van der Waals surface area contributed by atoms with E-state index < -0.39 is 11.5 Å². The Kier molecular flexibility index (Phi) is 7.99. The summed E-state index contributed by atoms with van der Waals surface area (Å²) in [5.74, 6) is -0.517. The van der Waals surface area contributed by atoms with Crippen LogP contribution in [0.1, 0.15) is 49.1 Å². The number of nitriles is 1. The van der Waals surface area contributed by atoms with Crippen LogP contribution in [0.25, 0.3) is 11.1 Å². The van der Waals surface area contributed by atoms with Gasteiger partial charge in [0.05, 0.1) is 17.5 Å². The van der Waals surface area contributed by atoms with E-state index in [1.807, 2.05) is 12.1 Å². The number of nitrogens with two attached hydrogens (primary N) is 1. The number of carbonyl (C=O) groups is 1. The van der Waals surface area contributed by atoms with Gasteiger partial charge in [0.2, 0.25) is 5.91 Å². The van der Waals surface area contributed by atoms with Crippen LogP contribution in [0.5, 0.6) is 0 Å². The third-order valence-corrected chi connectivity index (χ3v) is 7.42. The second-order valence-electron chi connectivity index (χ2n) is 10.0. The van der Waals surface area contributed by atoms with Crippen LogP contribution in [0.4, 0.5) is 0 Å². The fourth-order valence-electron chi connectivity index (χ4n) is 4.99. The smallest absolute Gasteiger partial charge is 0.240 e. The molecule has 1 aliphatic heterocycles. The van der Waals surface area contributed by atoms with E-state index in [2.05, 4.69) is 64.6 Å². The van der Waals surface area contributed by atoms with Crippen LogP contribution in [-0.4, -0.2) is 61.0 Å². The van der Waals surface area contributed by atoms with E-state index in [-0.39, 0.29) is 12.5 Å². The molecule has 1 heterocycles. The quantitative estimate of drug-likeness (QED) is 0.662. The summed E-state index contributed by atoms with van der Waals surface area (Å²) in [7, 11) is 2.18. The lowest BCUT2D eigenvalue weighted by atomic mass is 9.82. The van der Waals surface area contributed by atoms with E-state index in [4.69, 9.17) is 5.73 Å². The van der Waals surface area contributed by atoms with Crippen molar-refractivity contribution in [3.05, 3.63) is 59.7 Å². The molecule has 3 N–H and O–H groups in total. The lowest BCUT2D eigenvalue weighted by Crippen LogP contribution is -2.55. The molecule has 0 bridgehead atoms. The molecule has 6 nitrogen and oxygen atoms in total. The van der Waals surface area contributed by atoms with Crippen LogP contribution in [-0.2, 0) is 11.3 Å². The van der Waals surface area contributed by atoms with Gasteiger partial charge in [0.1, 0.15) is 0 Å². The first kappa shape index (κ1) is 24.4. The maximum absolute atomic E-state index is 12.6. The molecular weight excluding hydrogens is 422 g/mol. The van der Waals surface area contributed by atoms with Crippen LogP contribution in [0.2, 0.25) is 0 Å². The Bertz CT molecular complexity index is 981. The molecule has 6 heteroatoms. The van der Waals surface area contributed by atoms with E-state index in [1.165, 1.54) is 5.56 Å². The Morgan fingerprint density at radius 1 is 1.00 bits per heavy atom. The highest BCUT2D eigenvalue weighted by atomic mass is 16.2. The molecule has 4 rings (SSSR count). The number of piperazine rings is 1. The summed E-state index contributed by atoms with van der Waals surface area (Å²) in [5, 5.41) is 12.6. The molecule has 2 fully saturated rings. The van der Waals surface area contributed by atoms with Crippen LogP contribution in [0, 0.1) is 11.3 Å². The van der Waals surface area contributed by atoms with Gasteiger partial charge < -0.3 is 16.0 Å². The molecule has 1 atom stereocenters. The largest absolute Gasteiger partial charge is 0.353 e. The van der Waals surface area contributed by atoms with Gasteiger partial charge in [0, 0.05) is 39.3 Å². The lowest BCUT2D eigenvalue weighted by molar-refractivity contribution is -0.127. The van der Waals surface area contributed by atoms with Gasteiger partial charge in [-0.05, 0) is 42.1 Å². The van der Waals surface area contributed by atoms with Crippen molar-refractivity contribution in [2.45, 2.75) is 50.1 Å². The number of nitrogens with one attached hydrogen (secondary N) is 1. The van der Waals surface area contributed by atoms with Crippen LogP contribution >= 0.6 is 0 Å². The number of nitrogens with zero attached hydrogens (tertiary/aromatic N) is 3. The van der Waals surface area contributed by atoms with Gasteiger partial charge >= 0.3 is 0 Å². The van der Waals surface area contributed by atoms with E-state index in [0.29, 0.717) is 0 Å². The summed E-state index contributed by atoms with van der Waals surface area (Å²) >= 11 is 0. The average Bonchev–Trinajstić information content (AvgIpc) is 2.87. The van der Waals surface area contributed by atoms with Crippen molar-refractivity contribution in [2.75, 3.05) is 39.8 Å². The van der Waals surface area contributed by atoms with E-state index in [0.717, 1.165) is 81.5 Å². The summed E-state index contributed by atoms with van der Waals surface area (Å²) in [4.78, 5) is 17.5. The Morgan fingerprint density at radius 3 is 2.18 bits per heavy atom. The Hall–Kier alpha value is -2.72. The molecule has 0 radical (unpaired) electrons. The average molecular weight is 460 g/mol. The van der Waals surface area contributed by atoms with Gasteiger partial charge in [-0.25, -0.2) is 0 Å². The van der Waals surface area contributed by atoms with Crippen LogP contribution in [0.3, 0.4) is 0 Å². The fraction of sp³-hybridized carbons (Fsp3) is 0.500. The molecule has 2 aliphatic rings. The minimum atomic E-state index is -0.779. The molecule has 1 saturated carbocycles. The molecule has 180 valence electrons. The van der Waals surface area contributed by atoms with Crippen molar-refractivity contribution >= 4 is 5.91 Å². The third-order valence-electron chi connectivity index (χ3n) is 7.42. The van der Waals surface area contributed by atoms with Gasteiger partial charge in [-0.2, -0.15) is 5.26 Å². The zero-order valence-electron chi connectivity index (χ0n) is 20.3. The zero-order chi connectivity index (χ0) is 24.0. The summed E-state index contributed by atoms with van der Waals surface area (Å²) in [6.07, 6.45) is 4.56. The zero-order valence-corrected chi connectivity index (χ0v) is 20.3. The lowest BCUT2D eigenvalue weighted by Gasteiger charge is -2.32. The topological polar surface area (TPSA) is 85.4 Å². The first-order chi connectivity index (χ1) is 16.5. The van der Waals surface area contributed by atoms with Gasteiger partial charge in [-0.15, -0.1) is 0 Å². The fourth-order valence-corrected chi connectivity index (χ4v) is 4.99. The number of hydrogen-bond acceptors (Lipinski definition) is 5. The van der Waals surface area contributed by atoms with Gasteiger partial charge in [-0.3, -0.25) is 9.69 Å². The second kappa shape index (κ2) is 11.1. The highest BCUT2D eigenvalue weighted by Gasteiger charge is 2.35. The highest BCUT2D eigenvalue weighted by molar-refractivity contribution is 5.86. The monoisotopic (exact) mass is 459 g/mol. The molecule has 1 saturated heterocycles. The molecule has 1 amide bonds. The minimum absolute atomic E-state index is 0.124. The summed E-state index contributed by atoms with van der Waals surface area (Å²) in [6, 6.07) is 19.2. The molecule has 0 aromatic heterocycles. The molecule has 2 aromatic carbocycles. The van der Waals surface area contributed by atoms with Gasteiger partial charge in [0.25, 0.3) is 0 Å². The van der Waals surface area contributed by atoms with E-state index >= 15 is 0 Å². The number of carbonyl (C=O) groups excluding carboxylic acids is 1. The Morgan fingerprint density at radius 2 is 1.59 bits per heavy atom. The SMILES string of the molecule is CN1CCN(Cc2ccc(-c3ccc(C(C#N)CNC(=O)C4(N)CCCCC4)cc3)cc2)CC1. The Balaban J connectivity index is 1.33. The number of amides is 1. The predicted molar refractivity (Wildman–Crippen MR) is 136 cm³/mol. The molecule has 34 heavy (non-hydrogen) atoms. The molecular formula is C28H37N5O. The van der Waals surface area contributed by atoms with Crippen LogP contribution in [0.15, 0.2) is 48.5 Å². The van der Waals surface area contributed by atoms with Crippen molar-refractivity contribution in [2.24, 2.45) is 5.73 Å². The number of hydrogen-bond donors (Lipinski definition) is 2. The Labute approximate surface area is 203 Å². The summed E-state index contributed by atoms with van der Waals surface area (Å²) in [6.45, 7) is 5.77. The first-order valence-electron chi connectivity index (χ1n) is 12.5. The highest BCUT2D eigenvalue weighted by Crippen LogP contribution is 2.27. The number of likely N-dealkylation sites (N-methyl/N-ethyl adjacent to an activating group) is 1. The van der Waals surface area contributed by atoms with Crippen molar-refractivity contribution in [3.8, 4) is 17.2 Å². The van der Waals surface area contributed by atoms with Crippen molar-refractivity contribution in [1.82, 2.24) is 15.1 Å². The number of rotatable bonds is 7. The second-order valence-corrected chi connectivity index (χ2v) is 10.0. The number of benzene rings is 2. The maximum atomic E-state index is 12.6. The normalized spacial score (nSPS) is 19.8. The molecule has 1 unspecified atom stereocenters. The molecule has 0 spiro atoms. The summed E-state index contributed by atoms with van der Waals surface area (Å²) in [5.41, 5.74) is 10.1. The van der Waals surface area contributed by atoms with Gasteiger partial charge in [0.15, 0.2) is 0 Å². The van der Waals surface area contributed by atoms with E-state index in [1.54, 1.807) is 0 Å². The van der Waals surface area contributed by atoms with Crippen molar-refractivity contribution in [3.63, 3.8) is 0 Å². The van der Waals surface area contributed by atoms with Crippen LogP contribution < -0.4 is 11.1 Å². The standard InChI is InChI=1S/C28H37N5O/c1-32-15-17-33(18-16-32)21-22-5-7-23(8-6-22)24-9-11-25(12-10-24)26(19-29)20-31-27(34)28(30)13-3-2-4-14-28/h5-12,26H,2-4,13-18,20-21,30H2,1H3,(H,31,34). The van der Waals surface area contributed by atoms with Gasteiger partial charge in [-0.1, -0.05) is 67.8 Å². The van der Waals surface area contributed by atoms with Crippen molar-refractivity contribution in [1.29, 1.82) is 5.26 Å². The predicted octanol–water partition coefficient (Wildman–Crippen LogP) is 3.49.